The number of likely N-dealkylation sites (N-methyl/N-ethyl adjacent to an activating group) is 1. The number of esters is 1. The van der Waals surface area contributed by atoms with Crippen LogP contribution in [-0.4, -0.2) is 137 Å². The number of fused-ring (bicyclic) bond motifs is 5. The number of anilines is 1. The second-order valence-corrected chi connectivity index (χ2v) is 19.6. The quantitative estimate of drug-likeness (QED) is 0.238. The third kappa shape index (κ3) is 9.87. The molecule has 3 saturated heterocycles. The Bertz CT molecular complexity index is 1700. The average Bonchev–Trinajstić information content (AvgIpc) is 3.81. The predicted molar refractivity (Wildman–Crippen MR) is 234 cm³/mol. The van der Waals surface area contributed by atoms with Crippen molar-refractivity contribution in [1.29, 1.82) is 0 Å². The molecule has 13 nitrogen and oxygen atoms in total. The highest BCUT2D eigenvalue weighted by atomic mass is 16.7. The molecule has 2 saturated carbocycles. The smallest absolute Gasteiger partial charge is 0.306 e. The van der Waals surface area contributed by atoms with Crippen LogP contribution < -0.4 is 5.32 Å². The van der Waals surface area contributed by atoms with Gasteiger partial charge in [0.1, 0.15) is 24.4 Å². The summed E-state index contributed by atoms with van der Waals surface area (Å²) < 4.78 is 50.4. The molecule has 0 amide bonds. The number of nitrogens with one attached hydrogen (secondary N) is 1. The molecule has 0 spiro atoms. The molecule has 348 valence electrons. The lowest BCUT2D eigenvalue weighted by Crippen LogP contribution is -2.59. The molecule has 2 N–H and O–H groups in total. The number of hydrogen-bond acceptors (Lipinski definition) is 13. The molecule has 0 bridgehead atoms. The third-order valence-corrected chi connectivity index (χ3v) is 15.5. The van der Waals surface area contributed by atoms with Crippen molar-refractivity contribution in [3.05, 3.63) is 41.0 Å². The van der Waals surface area contributed by atoms with Gasteiger partial charge >= 0.3 is 5.97 Å². The van der Waals surface area contributed by atoms with Crippen molar-refractivity contribution in [2.24, 2.45) is 35.5 Å². The van der Waals surface area contributed by atoms with E-state index in [4.69, 9.17) is 37.9 Å². The topological polar surface area (TPSA) is 143 Å². The van der Waals surface area contributed by atoms with Gasteiger partial charge in [0.15, 0.2) is 18.4 Å². The molecule has 6 aliphatic rings. The van der Waals surface area contributed by atoms with E-state index in [-0.39, 0.29) is 78.6 Å². The molecule has 62 heavy (non-hydrogen) atoms. The number of cyclic esters (lactones) is 1. The summed E-state index contributed by atoms with van der Waals surface area (Å²) in [7, 11) is 9.09. The monoisotopic (exact) mass is 869 g/mol. The van der Waals surface area contributed by atoms with E-state index in [0.717, 1.165) is 36.1 Å². The van der Waals surface area contributed by atoms with Crippen molar-refractivity contribution in [2.45, 2.75) is 179 Å². The fourth-order valence-corrected chi connectivity index (χ4v) is 12.5. The van der Waals surface area contributed by atoms with Crippen molar-refractivity contribution in [2.75, 3.05) is 40.7 Å². The van der Waals surface area contributed by atoms with Crippen LogP contribution in [0.2, 0.25) is 0 Å². The van der Waals surface area contributed by atoms with Gasteiger partial charge < -0.3 is 53.2 Å². The highest BCUT2D eigenvalue weighted by Crippen LogP contribution is 2.57. The molecule has 3 aliphatic heterocycles. The minimum Gasteiger partial charge on any atom is -0.462 e. The Hall–Kier alpha value is -2.46. The number of aryl methyl sites for hydroxylation is 2. The molecule has 5 fully saturated rings. The van der Waals surface area contributed by atoms with E-state index in [1.165, 1.54) is 0 Å². The van der Waals surface area contributed by atoms with Crippen LogP contribution in [0.25, 0.3) is 0 Å². The standard InChI is InChI=1S/C49H76N2O11/c1-12-31-14-13-15-39(62-41-17-16-38(51(7)8)28(5)58-41)27(4)44(53)37-23-34-33-21-32(61-49-48(57-11)47(56-10)46(55-9)29(6)59-49)22-36(33)43(50-30-19-25(2)18-26(3)20-30)45(54)42(34)35(37)24-40(52)60-31/h18-20,23,27-29,31-36,38-39,41-43,45-50,54H,12-17,21-22,24H2,1-11H3/t27-,28?,29?,31+,32+,33+,34+,35-,36-,38+,39+,41+,42-,43+,45+,46+,47?,48?,49+/m1/s1. The van der Waals surface area contributed by atoms with Gasteiger partial charge in [-0.25, -0.2) is 0 Å². The van der Waals surface area contributed by atoms with Crippen molar-refractivity contribution >= 4 is 17.4 Å². The molecular formula is C49H76N2O11. The fourth-order valence-electron chi connectivity index (χ4n) is 12.5. The molecule has 4 unspecified atom stereocenters. The van der Waals surface area contributed by atoms with Gasteiger partial charge in [0.05, 0.1) is 43.0 Å². The van der Waals surface area contributed by atoms with Gasteiger partial charge in [0.25, 0.3) is 0 Å². The van der Waals surface area contributed by atoms with Crippen LogP contribution in [0.3, 0.4) is 0 Å². The first-order chi connectivity index (χ1) is 29.6. The predicted octanol–water partition coefficient (Wildman–Crippen LogP) is 6.39. The number of nitrogens with zero attached hydrogens (tertiary/aromatic N) is 1. The molecule has 1 aromatic carbocycles. The number of ether oxygens (including phenoxy) is 8. The maximum absolute atomic E-state index is 15.1. The lowest BCUT2D eigenvalue weighted by Gasteiger charge is -2.47. The van der Waals surface area contributed by atoms with E-state index in [2.05, 4.69) is 69.4 Å². The first-order valence-electron chi connectivity index (χ1n) is 23.5. The van der Waals surface area contributed by atoms with Crippen LogP contribution in [-0.2, 0) is 47.5 Å². The zero-order valence-electron chi connectivity index (χ0n) is 39.1. The first-order valence-corrected chi connectivity index (χ1v) is 23.5. The van der Waals surface area contributed by atoms with Crippen LogP contribution >= 0.6 is 0 Å². The average molecular weight is 869 g/mol. The number of aliphatic hydroxyl groups excluding tert-OH is 1. The molecule has 0 aromatic heterocycles. The molecule has 3 heterocycles. The van der Waals surface area contributed by atoms with E-state index >= 15 is 4.79 Å². The van der Waals surface area contributed by atoms with Gasteiger partial charge in [-0.1, -0.05) is 26.0 Å². The molecule has 3 aliphatic carbocycles. The number of carbonyl (C=O) groups excluding carboxylic acids is 2. The van der Waals surface area contributed by atoms with Crippen LogP contribution in [0.5, 0.6) is 0 Å². The summed E-state index contributed by atoms with van der Waals surface area (Å²) in [6.07, 6.45) is 3.54. The molecule has 1 aromatic rings. The minimum absolute atomic E-state index is 0.00834. The Morgan fingerprint density at radius 2 is 1.53 bits per heavy atom. The van der Waals surface area contributed by atoms with E-state index in [1.807, 2.05) is 20.8 Å². The van der Waals surface area contributed by atoms with Gasteiger partial charge in [-0.15, -0.1) is 0 Å². The number of methoxy groups -OCH3 is 3. The van der Waals surface area contributed by atoms with E-state index in [0.29, 0.717) is 43.7 Å². The van der Waals surface area contributed by atoms with Crippen LogP contribution in [0.1, 0.15) is 96.6 Å². The van der Waals surface area contributed by atoms with Crippen molar-refractivity contribution in [3.63, 3.8) is 0 Å². The molecular weight excluding hydrogens is 793 g/mol. The van der Waals surface area contributed by atoms with Gasteiger partial charge in [-0.2, -0.15) is 0 Å². The van der Waals surface area contributed by atoms with E-state index < -0.39 is 48.6 Å². The molecule has 19 atom stereocenters. The van der Waals surface area contributed by atoms with Gasteiger partial charge in [-0.3, -0.25) is 9.59 Å². The Kier molecular flexibility index (Phi) is 15.6. The normalized spacial score (nSPS) is 42.9. The zero-order valence-corrected chi connectivity index (χ0v) is 39.1. The summed E-state index contributed by atoms with van der Waals surface area (Å²) in [5.74, 6) is -1.90. The van der Waals surface area contributed by atoms with Gasteiger partial charge in [0, 0.05) is 50.8 Å². The maximum Gasteiger partial charge on any atom is 0.306 e. The summed E-state index contributed by atoms with van der Waals surface area (Å²) in [4.78, 5) is 31.3. The number of rotatable bonds is 11. The zero-order chi connectivity index (χ0) is 44.6. The maximum atomic E-state index is 15.1. The fraction of sp³-hybridized carbons (Fsp3) is 0.796. The van der Waals surface area contributed by atoms with Crippen LogP contribution in [0.4, 0.5) is 5.69 Å². The number of allylic oxidation sites excluding steroid dienone is 2. The van der Waals surface area contributed by atoms with E-state index in [9.17, 15) is 9.90 Å². The number of hydrogen-bond donors (Lipinski definition) is 2. The largest absolute Gasteiger partial charge is 0.462 e. The Morgan fingerprint density at radius 3 is 2.18 bits per heavy atom. The number of carbonyl (C=O) groups is 2. The molecule has 0 radical (unpaired) electrons. The van der Waals surface area contributed by atoms with Gasteiger partial charge in [-0.05, 0) is 140 Å². The summed E-state index contributed by atoms with van der Waals surface area (Å²) >= 11 is 0. The molecule has 13 heteroatoms. The van der Waals surface area contributed by atoms with Crippen LogP contribution in [0.15, 0.2) is 29.8 Å². The number of ketones is 1. The number of aliphatic hydroxyl groups is 1. The summed E-state index contributed by atoms with van der Waals surface area (Å²) in [5, 5.41) is 16.6. The molecule has 7 rings (SSSR count). The summed E-state index contributed by atoms with van der Waals surface area (Å²) in [5.41, 5.74) is 3.79. The Balaban J connectivity index is 1.21. The van der Waals surface area contributed by atoms with Crippen molar-refractivity contribution in [1.82, 2.24) is 4.90 Å². The van der Waals surface area contributed by atoms with E-state index in [1.54, 1.807) is 21.3 Å². The Labute approximate surface area is 370 Å². The van der Waals surface area contributed by atoms with Crippen LogP contribution in [0, 0.1) is 49.4 Å². The minimum atomic E-state index is -0.878. The number of Topliss-reactive ketones (excluding diaryl/α,β-unsaturated/α-hetero) is 1. The van der Waals surface area contributed by atoms with Crippen molar-refractivity contribution < 1.29 is 52.6 Å². The lowest BCUT2D eigenvalue weighted by molar-refractivity contribution is -0.314. The van der Waals surface area contributed by atoms with Gasteiger partial charge in [0.2, 0.25) is 0 Å². The second-order valence-electron chi connectivity index (χ2n) is 19.6. The SMILES string of the molecule is CC[C@H]1CCC[C@H](O[C@H]2CC[C@H](N(C)C)C(C)O2)[C@@H](C)C(=O)C2=C[C@H]3[C@@H]4C[C@H](O[C@@H]5OC(C)[C@H](OC)C(OC)C5OC)C[C@H]4[C@H](Nc4cc(C)cc(C)c4)[C@@H](O)[C@H]3[C@@H]2CC(=O)O1. The first kappa shape index (κ1) is 47.5. The highest BCUT2D eigenvalue weighted by molar-refractivity contribution is 5.99. The second kappa shape index (κ2) is 20.4. The Morgan fingerprint density at radius 1 is 0.839 bits per heavy atom. The summed E-state index contributed by atoms with van der Waals surface area (Å²) in [6, 6.07) is 6.28. The number of benzene rings is 1. The highest BCUT2D eigenvalue weighted by Gasteiger charge is 2.60. The van der Waals surface area contributed by atoms with Crippen molar-refractivity contribution in [3.8, 4) is 0 Å². The third-order valence-electron chi connectivity index (χ3n) is 15.5. The lowest BCUT2D eigenvalue weighted by atomic mass is 9.62. The summed E-state index contributed by atoms with van der Waals surface area (Å²) in [6.45, 7) is 12.2.